The average Bonchev–Trinajstić information content (AvgIpc) is 2.39. The van der Waals surface area contributed by atoms with Gasteiger partial charge < -0.3 is 16.0 Å². The second-order valence-electron chi connectivity index (χ2n) is 5.17. The largest absolute Gasteiger partial charge is 0.382 e. The van der Waals surface area contributed by atoms with Gasteiger partial charge in [0.15, 0.2) is 0 Å². The molecule has 0 aliphatic carbocycles. The van der Waals surface area contributed by atoms with E-state index in [-0.39, 0.29) is 0 Å². The number of hydrogen-bond acceptors (Lipinski definition) is 5. The van der Waals surface area contributed by atoms with Gasteiger partial charge in [-0.1, -0.05) is 13.3 Å². The van der Waals surface area contributed by atoms with Crippen LogP contribution in [0.3, 0.4) is 0 Å². The molecule has 100 valence electrons. The number of likely N-dealkylation sites (tertiary alicyclic amines) is 1. The molecule has 5 heteroatoms. The third kappa shape index (κ3) is 4.14. The lowest BCUT2D eigenvalue weighted by Crippen LogP contribution is -2.35. The Morgan fingerprint density at radius 1 is 1.28 bits per heavy atom. The van der Waals surface area contributed by atoms with E-state index in [0.717, 1.165) is 18.9 Å². The van der Waals surface area contributed by atoms with E-state index in [1.54, 1.807) is 12.4 Å². The van der Waals surface area contributed by atoms with Crippen LogP contribution in [0.15, 0.2) is 12.4 Å². The van der Waals surface area contributed by atoms with Crippen molar-refractivity contribution in [3.63, 3.8) is 0 Å². The number of anilines is 2. The summed E-state index contributed by atoms with van der Waals surface area (Å²) in [4.78, 5) is 10.8. The minimum Gasteiger partial charge on any atom is -0.382 e. The zero-order chi connectivity index (χ0) is 12.8. The molecule has 1 saturated heterocycles. The van der Waals surface area contributed by atoms with Crippen LogP contribution in [0.4, 0.5) is 11.6 Å². The summed E-state index contributed by atoms with van der Waals surface area (Å²) in [5, 5.41) is 3.31. The molecule has 2 heterocycles. The summed E-state index contributed by atoms with van der Waals surface area (Å²) in [6, 6.07) is 0. The van der Waals surface area contributed by atoms with Crippen LogP contribution in [-0.2, 0) is 0 Å². The number of nitrogens with two attached hydrogens (primary N) is 1. The smallest absolute Gasteiger partial charge is 0.144 e. The first-order valence-corrected chi connectivity index (χ1v) is 6.78. The highest BCUT2D eigenvalue weighted by atomic mass is 15.1. The lowest BCUT2D eigenvalue weighted by Gasteiger charge is -2.29. The molecule has 0 amide bonds. The Labute approximate surface area is 109 Å². The molecule has 0 bridgehead atoms. The number of rotatable bonds is 5. The number of hydrogen-bond donors (Lipinski definition) is 2. The summed E-state index contributed by atoms with van der Waals surface area (Å²) in [5.74, 6) is 1.87. The van der Waals surface area contributed by atoms with Crippen molar-refractivity contribution in [2.75, 3.05) is 37.2 Å². The fourth-order valence-corrected chi connectivity index (χ4v) is 2.36. The van der Waals surface area contributed by atoms with Crippen molar-refractivity contribution in [2.24, 2.45) is 5.92 Å². The number of nitrogens with one attached hydrogen (secondary N) is 1. The number of nitrogen functional groups attached to an aromatic ring is 1. The molecular formula is C13H23N5. The fourth-order valence-electron chi connectivity index (χ4n) is 2.36. The van der Waals surface area contributed by atoms with E-state index in [2.05, 4.69) is 27.1 Å². The van der Waals surface area contributed by atoms with E-state index >= 15 is 0 Å². The van der Waals surface area contributed by atoms with Crippen molar-refractivity contribution in [2.45, 2.75) is 26.2 Å². The van der Waals surface area contributed by atoms with Crippen molar-refractivity contribution in [3.8, 4) is 0 Å². The van der Waals surface area contributed by atoms with Gasteiger partial charge in [0.2, 0.25) is 0 Å². The van der Waals surface area contributed by atoms with Gasteiger partial charge in [-0.25, -0.2) is 9.97 Å². The molecule has 2 rings (SSSR count). The van der Waals surface area contributed by atoms with Crippen LogP contribution in [0, 0.1) is 5.92 Å². The van der Waals surface area contributed by atoms with Crippen molar-refractivity contribution < 1.29 is 0 Å². The quantitative estimate of drug-likeness (QED) is 0.829. The average molecular weight is 249 g/mol. The topological polar surface area (TPSA) is 67.1 Å². The molecule has 1 aromatic rings. The first kappa shape index (κ1) is 13.1. The van der Waals surface area contributed by atoms with Gasteiger partial charge in [0.1, 0.15) is 11.6 Å². The maximum Gasteiger partial charge on any atom is 0.144 e. The van der Waals surface area contributed by atoms with Crippen LogP contribution >= 0.6 is 0 Å². The fraction of sp³-hybridized carbons (Fsp3) is 0.692. The highest BCUT2D eigenvalue weighted by Gasteiger charge is 2.13. The lowest BCUT2D eigenvalue weighted by molar-refractivity contribution is 0.204. The Kier molecular flexibility index (Phi) is 4.75. The summed E-state index contributed by atoms with van der Waals surface area (Å²) < 4.78 is 0. The van der Waals surface area contributed by atoms with Crippen LogP contribution in [0.1, 0.15) is 26.2 Å². The molecular weight excluding hydrogens is 226 g/mol. The highest BCUT2D eigenvalue weighted by Crippen LogP contribution is 2.11. The first-order chi connectivity index (χ1) is 8.74. The summed E-state index contributed by atoms with van der Waals surface area (Å²) in [5.41, 5.74) is 5.50. The van der Waals surface area contributed by atoms with Gasteiger partial charge in [-0.3, -0.25) is 0 Å². The summed E-state index contributed by atoms with van der Waals surface area (Å²) in [7, 11) is 0. The molecule has 1 aromatic heterocycles. The maximum absolute atomic E-state index is 5.50. The van der Waals surface area contributed by atoms with E-state index in [1.807, 2.05) is 0 Å². The lowest BCUT2D eigenvalue weighted by atomic mass is 10.1. The number of piperidine rings is 1. The third-order valence-corrected chi connectivity index (χ3v) is 3.32. The maximum atomic E-state index is 5.50. The Hall–Kier alpha value is -1.36. The highest BCUT2D eigenvalue weighted by molar-refractivity contribution is 5.35. The monoisotopic (exact) mass is 249 g/mol. The molecule has 1 fully saturated rings. The summed E-state index contributed by atoms with van der Waals surface area (Å²) in [6.07, 6.45) is 7.36. The SMILES string of the molecule is CC(CNc1cnc(N)cn1)CN1CCCCC1. The van der Waals surface area contributed by atoms with Crippen molar-refractivity contribution >= 4 is 11.6 Å². The van der Waals surface area contributed by atoms with Gasteiger partial charge in [0.05, 0.1) is 12.4 Å². The van der Waals surface area contributed by atoms with Crippen molar-refractivity contribution in [1.29, 1.82) is 0 Å². The van der Waals surface area contributed by atoms with Gasteiger partial charge in [0.25, 0.3) is 0 Å². The van der Waals surface area contributed by atoms with Crippen LogP contribution in [0.25, 0.3) is 0 Å². The molecule has 1 aliphatic rings. The molecule has 5 nitrogen and oxygen atoms in total. The Morgan fingerprint density at radius 3 is 2.72 bits per heavy atom. The van der Waals surface area contributed by atoms with Crippen LogP contribution in [0.2, 0.25) is 0 Å². The second kappa shape index (κ2) is 6.54. The Balaban J connectivity index is 1.70. The molecule has 18 heavy (non-hydrogen) atoms. The van der Waals surface area contributed by atoms with E-state index in [0.29, 0.717) is 11.7 Å². The second-order valence-corrected chi connectivity index (χ2v) is 5.17. The molecule has 0 spiro atoms. The molecule has 0 saturated carbocycles. The predicted molar refractivity (Wildman–Crippen MR) is 74.4 cm³/mol. The number of aromatic nitrogens is 2. The summed E-state index contributed by atoms with van der Waals surface area (Å²) in [6.45, 7) is 6.87. The Morgan fingerprint density at radius 2 is 2.06 bits per heavy atom. The van der Waals surface area contributed by atoms with Crippen LogP contribution < -0.4 is 11.1 Å². The van der Waals surface area contributed by atoms with E-state index < -0.39 is 0 Å². The summed E-state index contributed by atoms with van der Waals surface area (Å²) >= 11 is 0. The third-order valence-electron chi connectivity index (χ3n) is 3.32. The molecule has 1 aliphatic heterocycles. The molecule has 1 atom stereocenters. The minimum absolute atomic E-state index is 0.460. The molecule has 3 N–H and O–H groups in total. The first-order valence-electron chi connectivity index (χ1n) is 6.78. The van der Waals surface area contributed by atoms with Gasteiger partial charge in [-0.15, -0.1) is 0 Å². The van der Waals surface area contributed by atoms with Gasteiger partial charge in [-0.2, -0.15) is 0 Å². The molecule has 0 radical (unpaired) electrons. The van der Waals surface area contributed by atoms with Gasteiger partial charge >= 0.3 is 0 Å². The molecule has 1 unspecified atom stereocenters. The van der Waals surface area contributed by atoms with Crippen LogP contribution in [0.5, 0.6) is 0 Å². The zero-order valence-corrected chi connectivity index (χ0v) is 11.1. The van der Waals surface area contributed by atoms with Gasteiger partial charge in [-0.05, 0) is 31.8 Å². The zero-order valence-electron chi connectivity index (χ0n) is 11.1. The van der Waals surface area contributed by atoms with Crippen LogP contribution in [-0.4, -0.2) is 41.0 Å². The minimum atomic E-state index is 0.460. The number of nitrogens with zero attached hydrogens (tertiary/aromatic N) is 3. The predicted octanol–water partition coefficient (Wildman–Crippen LogP) is 1.59. The normalized spacial score (nSPS) is 18.5. The van der Waals surface area contributed by atoms with E-state index in [1.165, 1.54) is 32.4 Å². The standard InChI is InChI=1S/C13H23N5/c1-11(10-18-5-3-2-4-6-18)7-16-13-9-15-12(14)8-17-13/h8-9,11H,2-7,10H2,1H3,(H2,14,15)(H,16,17). The Bertz CT molecular complexity index is 345. The molecule has 0 aromatic carbocycles. The van der Waals surface area contributed by atoms with Gasteiger partial charge in [0, 0.05) is 13.1 Å². The van der Waals surface area contributed by atoms with E-state index in [4.69, 9.17) is 5.73 Å². The van der Waals surface area contributed by atoms with Crippen molar-refractivity contribution in [3.05, 3.63) is 12.4 Å². The van der Waals surface area contributed by atoms with Crippen molar-refractivity contribution in [1.82, 2.24) is 14.9 Å². The van der Waals surface area contributed by atoms with E-state index in [9.17, 15) is 0 Å².